The summed E-state index contributed by atoms with van der Waals surface area (Å²) >= 11 is 0. The first kappa shape index (κ1) is 14.0. The van der Waals surface area contributed by atoms with Gasteiger partial charge in [-0.15, -0.1) is 10.2 Å². The minimum atomic E-state index is -0.271. The topological polar surface area (TPSA) is 67.1 Å². The summed E-state index contributed by atoms with van der Waals surface area (Å²) in [5.41, 5.74) is 0.955. The van der Waals surface area contributed by atoms with Gasteiger partial charge in [-0.1, -0.05) is 0 Å². The van der Waals surface area contributed by atoms with Gasteiger partial charge in [0, 0.05) is 25.2 Å². The van der Waals surface area contributed by atoms with E-state index in [4.69, 9.17) is 0 Å². The number of aryl methyl sites for hydroxylation is 1. The third kappa shape index (κ3) is 3.05. The van der Waals surface area contributed by atoms with Crippen molar-refractivity contribution in [3.8, 4) is 5.82 Å². The molecule has 0 spiro atoms. The second-order valence-electron chi connectivity index (χ2n) is 5.74. The predicted molar refractivity (Wildman–Crippen MR) is 80.5 cm³/mol. The van der Waals surface area contributed by atoms with E-state index in [0.717, 1.165) is 43.3 Å². The summed E-state index contributed by atoms with van der Waals surface area (Å²) in [5, 5.41) is 22.7. The third-order valence-electron chi connectivity index (χ3n) is 4.06. The van der Waals surface area contributed by atoms with Gasteiger partial charge in [0.05, 0.1) is 11.8 Å². The molecule has 0 aliphatic carbocycles. The minimum Gasteiger partial charge on any atom is -0.393 e. The summed E-state index contributed by atoms with van der Waals surface area (Å²) < 4.78 is 1.72. The number of aliphatic hydroxyl groups is 1. The van der Waals surface area contributed by atoms with Crippen molar-refractivity contribution >= 4 is 5.82 Å². The molecule has 1 N–H and O–H groups in total. The quantitative estimate of drug-likeness (QED) is 0.928. The van der Waals surface area contributed by atoms with Gasteiger partial charge < -0.3 is 10.0 Å². The van der Waals surface area contributed by atoms with E-state index in [1.54, 1.807) is 4.68 Å². The van der Waals surface area contributed by atoms with E-state index in [2.05, 4.69) is 20.2 Å². The van der Waals surface area contributed by atoms with Crippen molar-refractivity contribution in [2.24, 2.45) is 5.92 Å². The molecule has 1 aliphatic rings. The molecule has 0 saturated carbocycles. The van der Waals surface area contributed by atoms with Gasteiger partial charge in [0.2, 0.25) is 0 Å². The Kier molecular flexibility index (Phi) is 3.88. The molecule has 3 heterocycles. The smallest absolute Gasteiger partial charge is 0.175 e. The Morgan fingerprint density at radius 3 is 2.62 bits per heavy atom. The Morgan fingerprint density at radius 2 is 2.00 bits per heavy atom. The largest absolute Gasteiger partial charge is 0.393 e. The van der Waals surface area contributed by atoms with Gasteiger partial charge in [-0.25, -0.2) is 4.68 Å². The molecule has 0 aromatic carbocycles. The van der Waals surface area contributed by atoms with Crippen LogP contribution in [0.25, 0.3) is 5.82 Å². The molecule has 0 radical (unpaired) electrons. The predicted octanol–water partition coefficient (Wildman–Crippen LogP) is 1.57. The second kappa shape index (κ2) is 5.81. The number of aliphatic hydroxyl groups excluding tert-OH is 1. The molecular formula is C15H21N5O. The molecule has 0 bridgehead atoms. The number of piperidine rings is 1. The first-order valence-corrected chi connectivity index (χ1v) is 7.43. The first-order valence-electron chi connectivity index (χ1n) is 7.43. The van der Waals surface area contributed by atoms with Crippen LogP contribution in [0.3, 0.4) is 0 Å². The normalized spacial score (nSPS) is 20.5. The van der Waals surface area contributed by atoms with Crippen LogP contribution in [0.1, 0.15) is 25.5 Å². The lowest BCUT2D eigenvalue weighted by atomic mass is 9.93. The molecule has 6 nitrogen and oxygen atoms in total. The zero-order chi connectivity index (χ0) is 14.8. The lowest BCUT2D eigenvalue weighted by molar-refractivity contribution is 0.115. The van der Waals surface area contributed by atoms with Gasteiger partial charge in [0.15, 0.2) is 11.6 Å². The number of hydrogen-bond acceptors (Lipinski definition) is 5. The fourth-order valence-electron chi connectivity index (χ4n) is 2.76. The molecular weight excluding hydrogens is 266 g/mol. The fraction of sp³-hybridized carbons (Fsp3) is 0.533. The Balaban J connectivity index is 1.74. The zero-order valence-corrected chi connectivity index (χ0v) is 12.5. The molecule has 3 rings (SSSR count). The van der Waals surface area contributed by atoms with Crippen LogP contribution in [0.4, 0.5) is 5.82 Å². The highest BCUT2D eigenvalue weighted by Gasteiger charge is 2.24. The number of rotatable bonds is 3. The molecule has 2 aromatic heterocycles. The van der Waals surface area contributed by atoms with E-state index in [1.165, 1.54) is 0 Å². The molecule has 6 heteroatoms. The van der Waals surface area contributed by atoms with Gasteiger partial charge in [-0.2, -0.15) is 5.10 Å². The van der Waals surface area contributed by atoms with Crippen molar-refractivity contribution < 1.29 is 5.11 Å². The van der Waals surface area contributed by atoms with Gasteiger partial charge >= 0.3 is 0 Å². The van der Waals surface area contributed by atoms with Crippen LogP contribution in [-0.4, -0.2) is 44.3 Å². The summed E-state index contributed by atoms with van der Waals surface area (Å²) in [5.74, 6) is 1.90. The summed E-state index contributed by atoms with van der Waals surface area (Å²) in [6.45, 7) is 5.62. The number of aromatic nitrogens is 4. The summed E-state index contributed by atoms with van der Waals surface area (Å²) in [6.07, 6.45) is 3.76. The van der Waals surface area contributed by atoms with E-state index < -0.39 is 0 Å². The molecule has 2 unspecified atom stereocenters. The van der Waals surface area contributed by atoms with Crippen molar-refractivity contribution in [2.45, 2.75) is 32.8 Å². The van der Waals surface area contributed by atoms with Crippen LogP contribution in [0.15, 0.2) is 24.4 Å². The van der Waals surface area contributed by atoms with Gasteiger partial charge in [0.25, 0.3) is 0 Å². The van der Waals surface area contributed by atoms with E-state index in [9.17, 15) is 5.11 Å². The summed E-state index contributed by atoms with van der Waals surface area (Å²) in [6, 6.07) is 5.85. The average Bonchev–Trinajstić information content (AvgIpc) is 2.94. The lowest BCUT2D eigenvalue weighted by Crippen LogP contribution is -2.40. The van der Waals surface area contributed by atoms with Crippen LogP contribution < -0.4 is 4.90 Å². The monoisotopic (exact) mass is 287 g/mol. The average molecular weight is 287 g/mol. The molecule has 1 fully saturated rings. The number of anilines is 1. The Hall–Kier alpha value is -1.95. The van der Waals surface area contributed by atoms with Crippen LogP contribution in [-0.2, 0) is 0 Å². The molecule has 21 heavy (non-hydrogen) atoms. The van der Waals surface area contributed by atoms with Gasteiger partial charge in [-0.05, 0) is 44.9 Å². The van der Waals surface area contributed by atoms with Crippen LogP contribution in [0, 0.1) is 12.8 Å². The molecule has 2 aromatic rings. The maximum absolute atomic E-state index is 9.76. The molecule has 112 valence electrons. The van der Waals surface area contributed by atoms with Crippen molar-refractivity contribution in [3.05, 3.63) is 30.1 Å². The third-order valence-corrected chi connectivity index (χ3v) is 4.06. The summed E-state index contributed by atoms with van der Waals surface area (Å²) in [4.78, 5) is 2.20. The van der Waals surface area contributed by atoms with E-state index in [-0.39, 0.29) is 6.10 Å². The first-order chi connectivity index (χ1) is 10.1. The highest BCUT2D eigenvalue weighted by Crippen LogP contribution is 2.23. The van der Waals surface area contributed by atoms with Crippen molar-refractivity contribution in [2.75, 3.05) is 18.0 Å². The number of hydrogen-bond donors (Lipinski definition) is 1. The zero-order valence-electron chi connectivity index (χ0n) is 12.5. The van der Waals surface area contributed by atoms with Crippen molar-refractivity contribution in [1.82, 2.24) is 20.0 Å². The van der Waals surface area contributed by atoms with Crippen molar-refractivity contribution in [1.29, 1.82) is 0 Å². The molecule has 0 amide bonds. The SMILES string of the molecule is Cc1ccn(-c2ccc(N3CCCC(C(C)O)C3)nn2)n1. The Morgan fingerprint density at radius 1 is 1.24 bits per heavy atom. The van der Waals surface area contributed by atoms with Crippen LogP contribution >= 0.6 is 0 Å². The van der Waals surface area contributed by atoms with E-state index >= 15 is 0 Å². The highest BCUT2D eigenvalue weighted by atomic mass is 16.3. The van der Waals surface area contributed by atoms with Crippen LogP contribution in [0.5, 0.6) is 0 Å². The highest BCUT2D eigenvalue weighted by molar-refractivity contribution is 5.40. The maximum atomic E-state index is 9.76. The second-order valence-corrected chi connectivity index (χ2v) is 5.74. The fourth-order valence-corrected chi connectivity index (χ4v) is 2.76. The Bertz CT molecular complexity index is 592. The summed E-state index contributed by atoms with van der Waals surface area (Å²) in [7, 11) is 0. The Labute approximate surface area is 124 Å². The van der Waals surface area contributed by atoms with Gasteiger partial charge in [-0.3, -0.25) is 0 Å². The number of nitrogens with zero attached hydrogens (tertiary/aromatic N) is 5. The lowest BCUT2D eigenvalue weighted by Gasteiger charge is -2.34. The molecule has 2 atom stereocenters. The minimum absolute atomic E-state index is 0.271. The molecule has 1 saturated heterocycles. The maximum Gasteiger partial charge on any atom is 0.175 e. The van der Waals surface area contributed by atoms with Crippen LogP contribution in [0.2, 0.25) is 0 Å². The van der Waals surface area contributed by atoms with E-state index in [1.807, 2.05) is 38.2 Å². The van der Waals surface area contributed by atoms with Crippen molar-refractivity contribution in [3.63, 3.8) is 0 Å². The van der Waals surface area contributed by atoms with Gasteiger partial charge in [0.1, 0.15) is 0 Å². The standard InChI is InChI=1S/C15H21N5O/c1-11-7-9-20(18-11)15-6-5-14(16-17-15)19-8-3-4-13(10-19)12(2)21/h5-7,9,12-13,21H,3-4,8,10H2,1-2H3. The van der Waals surface area contributed by atoms with E-state index in [0.29, 0.717) is 5.92 Å². The molecule has 1 aliphatic heterocycles.